The van der Waals surface area contributed by atoms with Gasteiger partial charge in [-0.05, 0) is 44.2 Å². The van der Waals surface area contributed by atoms with E-state index in [1.165, 1.54) is 12.8 Å². The molecule has 2 heterocycles. The highest BCUT2D eigenvalue weighted by atomic mass is 16.5. The van der Waals surface area contributed by atoms with Gasteiger partial charge in [-0.25, -0.2) is 0 Å². The van der Waals surface area contributed by atoms with Crippen molar-refractivity contribution in [3.8, 4) is 0 Å². The normalized spacial score (nSPS) is 30.1. The molecular formula is C15H28N2O2. The number of hydrogen-bond acceptors (Lipinski definition) is 3. The molecule has 2 fully saturated rings. The number of hydrogen-bond donors (Lipinski definition) is 1. The fourth-order valence-electron chi connectivity index (χ4n) is 3.13. The molecule has 4 heteroatoms. The zero-order chi connectivity index (χ0) is 13.7. The largest absolute Gasteiger partial charge is 0.375 e. The lowest BCUT2D eigenvalue weighted by atomic mass is 9.85. The van der Waals surface area contributed by atoms with E-state index >= 15 is 0 Å². The van der Waals surface area contributed by atoms with Crippen LogP contribution in [0.25, 0.3) is 0 Å². The minimum Gasteiger partial charge on any atom is -0.375 e. The molecule has 3 atom stereocenters. The highest BCUT2D eigenvalue weighted by Gasteiger charge is 2.27. The predicted molar refractivity (Wildman–Crippen MR) is 76.0 cm³/mol. The van der Waals surface area contributed by atoms with Gasteiger partial charge in [-0.2, -0.15) is 0 Å². The van der Waals surface area contributed by atoms with Gasteiger partial charge in [0.2, 0.25) is 5.91 Å². The third-order valence-electron chi connectivity index (χ3n) is 4.58. The molecule has 0 aliphatic carbocycles. The molecule has 0 radical (unpaired) electrons. The number of amides is 1. The summed E-state index contributed by atoms with van der Waals surface area (Å²) in [5, 5.41) is 3.44. The second-order valence-corrected chi connectivity index (χ2v) is 6.03. The van der Waals surface area contributed by atoms with Crippen LogP contribution in [0.5, 0.6) is 0 Å². The molecule has 1 amide bonds. The Morgan fingerprint density at radius 2 is 2.37 bits per heavy atom. The molecule has 0 spiro atoms. The van der Waals surface area contributed by atoms with Gasteiger partial charge >= 0.3 is 0 Å². The van der Waals surface area contributed by atoms with Crippen molar-refractivity contribution < 1.29 is 9.53 Å². The molecule has 0 bridgehead atoms. The van der Waals surface area contributed by atoms with Gasteiger partial charge in [0.05, 0.1) is 12.7 Å². The molecule has 2 saturated heterocycles. The highest BCUT2D eigenvalue weighted by molar-refractivity contribution is 5.76. The number of morpholine rings is 1. The van der Waals surface area contributed by atoms with E-state index in [4.69, 9.17) is 4.74 Å². The topological polar surface area (TPSA) is 41.6 Å². The van der Waals surface area contributed by atoms with Gasteiger partial charge in [-0.15, -0.1) is 0 Å². The van der Waals surface area contributed by atoms with Gasteiger partial charge in [0.1, 0.15) is 0 Å². The lowest BCUT2D eigenvalue weighted by molar-refractivity contribution is -0.140. The SMILES string of the molecule is CCC1CN(C(=O)CC(C)C2CCCNC2)CCO1. The Labute approximate surface area is 116 Å². The zero-order valence-electron chi connectivity index (χ0n) is 12.4. The lowest BCUT2D eigenvalue weighted by Gasteiger charge is -2.34. The summed E-state index contributed by atoms with van der Waals surface area (Å²) in [6, 6.07) is 0. The molecule has 0 aromatic carbocycles. The number of nitrogens with zero attached hydrogens (tertiary/aromatic N) is 1. The second-order valence-electron chi connectivity index (χ2n) is 6.03. The Balaban J connectivity index is 1.79. The minimum absolute atomic E-state index is 0.240. The molecule has 4 nitrogen and oxygen atoms in total. The third-order valence-corrected chi connectivity index (χ3v) is 4.58. The minimum atomic E-state index is 0.240. The predicted octanol–water partition coefficient (Wildman–Crippen LogP) is 1.65. The summed E-state index contributed by atoms with van der Waals surface area (Å²) in [7, 11) is 0. The van der Waals surface area contributed by atoms with Crippen LogP contribution in [0, 0.1) is 11.8 Å². The third kappa shape index (κ3) is 4.18. The van der Waals surface area contributed by atoms with E-state index in [-0.39, 0.29) is 6.10 Å². The molecule has 3 unspecified atom stereocenters. The van der Waals surface area contributed by atoms with E-state index in [1.807, 2.05) is 4.90 Å². The van der Waals surface area contributed by atoms with Crippen LogP contribution in [-0.4, -0.2) is 49.7 Å². The van der Waals surface area contributed by atoms with Crippen LogP contribution in [0.1, 0.15) is 39.5 Å². The van der Waals surface area contributed by atoms with Gasteiger partial charge < -0.3 is 15.0 Å². The quantitative estimate of drug-likeness (QED) is 0.843. The van der Waals surface area contributed by atoms with Crippen molar-refractivity contribution in [3.63, 3.8) is 0 Å². The van der Waals surface area contributed by atoms with E-state index in [2.05, 4.69) is 19.2 Å². The number of piperidine rings is 1. The van der Waals surface area contributed by atoms with E-state index in [0.29, 0.717) is 30.8 Å². The maximum atomic E-state index is 12.4. The lowest BCUT2D eigenvalue weighted by Crippen LogP contribution is -2.46. The average Bonchev–Trinajstić information content (AvgIpc) is 2.48. The van der Waals surface area contributed by atoms with Crippen molar-refractivity contribution in [2.75, 3.05) is 32.8 Å². The summed E-state index contributed by atoms with van der Waals surface area (Å²) in [6.45, 7) is 8.82. The summed E-state index contributed by atoms with van der Waals surface area (Å²) in [4.78, 5) is 14.4. The van der Waals surface area contributed by atoms with E-state index in [0.717, 1.165) is 32.6 Å². The maximum absolute atomic E-state index is 12.4. The first kappa shape index (κ1) is 14.8. The zero-order valence-corrected chi connectivity index (χ0v) is 12.4. The molecule has 2 rings (SSSR count). The van der Waals surface area contributed by atoms with Crippen LogP contribution >= 0.6 is 0 Å². The molecule has 110 valence electrons. The van der Waals surface area contributed by atoms with Crippen molar-refractivity contribution in [2.24, 2.45) is 11.8 Å². The van der Waals surface area contributed by atoms with Gasteiger partial charge in [0, 0.05) is 19.5 Å². The Morgan fingerprint density at radius 3 is 3.05 bits per heavy atom. The fourth-order valence-corrected chi connectivity index (χ4v) is 3.13. The van der Waals surface area contributed by atoms with Crippen molar-refractivity contribution in [1.82, 2.24) is 10.2 Å². The molecule has 2 aliphatic rings. The monoisotopic (exact) mass is 268 g/mol. The molecule has 0 saturated carbocycles. The van der Waals surface area contributed by atoms with Crippen LogP contribution in [0.2, 0.25) is 0 Å². The Kier molecular flexibility index (Phi) is 5.64. The summed E-state index contributed by atoms with van der Waals surface area (Å²) < 4.78 is 5.62. The van der Waals surface area contributed by atoms with E-state index in [1.54, 1.807) is 0 Å². The Morgan fingerprint density at radius 1 is 1.53 bits per heavy atom. The van der Waals surface area contributed by atoms with Crippen molar-refractivity contribution in [3.05, 3.63) is 0 Å². The average molecular weight is 268 g/mol. The molecule has 2 aliphatic heterocycles. The van der Waals surface area contributed by atoms with Gasteiger partial charge in [0.15, 0.2) is 0 Å². The van der Waals surface area contributed by atoms with Crippen LogP contribution in [-0.2, 0) is 9.53 Å². The smallest absolute Gasteiger partial charge is 0.223 e. The first-order chi connectivity index (χ1) is 9.20. The van der Waals surface area contributed by atoms with Crippen LogP contribution in [0.4, 0.5) is 0 Å². The van der Waals surface area contributed by atoms with Crippen LogP contribution in [0.15, 0.2) is 0 Å². The standard InChI is InChI=1S/C15H28N2O2/c1-3-14-11-17(7-8-19-14)15(18)9-12(2)13-5-4-6-16-10-13/h12-14,16H,3-11H2,1-2H3. The summed E-state index contributed by atoms with van der Waals surface area (Å²) in [5.74, 6) is 1.48. The number of ether oxygens (including phenoxy) is 1. The molecular weight excluding hydrogens is 240 g/mol. The number of rotatable bonds is 4. The first-order valence-electron chi connectivity index (χ1n) is 7.80. The second kappa shape index (κ2) is 7.25. The Hall–Kier alpha value is -0.610. The summed E-state index contributed by atoms with van der Waals surface area (Å²) in [6.07, 6.45) is 4.44. The Bertz CT molecular complexity index is 290. The van der Waals surface area contributed by atoms with Gasteiger partial charge in [-0.1, -0.05) is 13.8 Å². The van der Waals surface area contributed by atoms with Crippen molar-refractivity contribution >= 4 is 5.91 Å². The number of nitrogens with one attached hydrogen (secondary N) is 1. The molecule has 0 aromatic heterocycles. The van der Waals surface area contributed by atoms with Crippen molar-refractivity contribution in [2.45, 2.75) is 45.6 Å². The fraction of sp³-hybridized carbons (Fsp3) is 0.933. The van der Waals surface area contributed by atoms with Gasteiger partial charge in [0.25, 0.3) is 0 Å². The van der Waals surface area contributed by atoms with Crippen LogP contribution < -0.4 is 5.32 Å². The van der Waals surface area contributed by atoms with Crippen molar-refractivity contribution in [1.29, 1.82) is 0 Å². The maximum Gasteiger partial charge on any atom is 0.223 e. The highest BCUT2D eigenvalue weighted by Crippen LogP contribution is 2.23. The van der Waals surface area contributed by atoms with E-state index < -0.39 is 0 Å². The molecule has 1 N–H and O–H groups in total. The summed E-state index contributed by atoms with van der Waals surface area (Å²) >= 11 is 0. The summed E-state index contributed by atoms with van der Waals surface area (Å²) in [5.41, 5.74) is 0. The van der Waals surface area contributed by atoms with Gasteiger partial charge in [-0.3, -0.25) is 4.79 Å². The molecule has 0 aromatic rings. The molecule has 19 heavy (non-hydrogen) atoms. The number of carbonyl (C=O) groups is 1. The van der Waals surface area contributed by atoms with Crippen LogP contribution in [0.3, 0.4) is 0 Å². The van der Waals surface area contributed by atoms with E-state index in [9.17, 15) is 4.79 Å². The number of carbonyl (C=O) groups excluding carboxylic acids is 1. The first-order valence-corrected chi connectivity index (χ1v) is 7.80.